The summed E-state index contributed by atoms with van der Waals surface area (Å²) >= 11 is 0. The summed E-state index contributed by atoms with van der Waals surface area (Å²) in [5, 5.41) is 14.0. The smallest absolute Gasteiger partial charge is 0.252 e. The second-order valence-corrected chi connectivity index (χ2v) is 10.8. The topological polar surface area (TPSA) is 98.2 Å². The highest BCUT2D eigenvalue weighted by Gasteiger charge is 2.35. The van der Waals surface area contributed by atoms with Gasteiger partial charge in [0.1, 0.15) is 0 Å². The molecular formula is C27H38N6O3. The van der Waals surface area contributed by atoms with Crippen molar-refractivity contribution < 1.29 is 9.47 Å². The zero-order valence-electron chi connectivity index (χ0n) is 21.9. The molecule has 2 aliphatic rings. The molecule has 1 aliphatic carbocycles. The summed E-state index contributed by atoms with van der Waals surface area (Å²) in [6.07, 6.45) is 8.81. The van der Waals surface area contributed by atoms with Crippen LogP contribution in [0.5, 0.6) is 11.5 Å². The maximum atomic E-state index is 13.3. The van der Waals surface area contributed by atoms with E-state index in [0.717, 1.165) is 60.1 Å². The van der Waals surface area contributed by atoms with Crippen LogP contribution in [0.1, 0.15) is 96.5 Å². The van der Waals surface area contributed by atoms with Gasteiger partial charge in [-0.1, -0.05) is 39.5 Å². The number of hydrogen-bond acceptors (Lipinski definition) is 7. The van der Waals surface area contributed by atoms with Gasteiger partial charge in [-0.25, -0.2) is 4.68 Å². The Morgan fingerprint density at radius 3 is 2.61 bits per heavy atom. The van der Waals surface area contributed by atoms with Gasteiger partial charge in [-0.15, -0.1) is 5.10 Å². The van der Waals surface area contributed by atoms with E-state index in [9.17, 15) is 4.79 Å². The van der Waals surface area contributed by atoms with Crippen LogP contribution in [-0.2, 0) is 12.1 Å². The highest BCUT2D eigenvalue weighted by atomic mass is 16.7. The molecule has 1 fully saturated rings. The molecule has 3 aromatic rings. The van der Waals surface area contributed by atoms with Crippen LogP contribution in [0, 0.1) is 0 Å². The van der Waals surface area contributed by atoms with Crippen molar-refractivity contribution >= 4 is 10.9 Å². The van der Waals surface area contributed by atoms with Gasteiger partial charge < -0.3 is 14.5 Å². The summed E-state index contributed by atoms with van der Waals surface area (Å²) in [5.74, 6) is 2.28. The van der Waals surface area contributed by atoms with Gasteiger partial charge in [-0.2, -0.15) is 0 Å². The van der Waals surface area contributed by atoms with E-state index in [1.807, 2.05) is 22.9 Å². The Hall–Kier alpha value is -2.94. The van der Waals surface area contributed by atoms with Gasteiger partial charge in [0.05, 0.1) is 17.1 Å². The number of tetrazole rings is 1. The molecule has 0 amide bonds. The molecule has 1 atom stereocenters. The molecule has 36 heavy (non-hydrogen) atoms. The molecule has 0 spiro atoms. The first-order valence-electron chi connectivity index (χ1n) is 13.4. The number of benzene rings is 1. The fourth-order valence-corrected chi connectivity index (χ4v) is 5.56. The van der Waals surface area contributed by atoms with Crippen LogP contribution < -0.4 is 15.0 Å². The van der Waals surface area contributed by atoms with Crippen LogP contribution in [0.2, 0.25) is 0 Å². The standard InChI is InChI=1S/C27H38N6O3/c1-5-10-22(25-29-30-31-33(25)27(3,4)6-2)32(20-11-8-7-9-12-20)16-19-13-18-14-23-24(36-17-35-23)15-21(18)28-26(19)34/h13-15,20,22H,5-12,16-17H2,1-4H3,(H,28,34)/t22-/m1/s1. The number of rotatable bonds is 9. The number of nitrogens with one attached hydrogen (secondary N) is 1. The van der Waals surface area contributed by atoms with Gasteiger partial charge in [-0.3, -0.25) is 9.69 Å². The lowest BCUT2D eigenvalue weighted by Gasteiger charge is -2.40. The molecule has 5 rings (SSSR count). The molecule has 1 aromatic carbocycles. The Kier molecular flexibility index (Phi) is 7.01. The largest absolute Gasteiger partial charge is 0.454 e. The first kappa shape index (κ1) is 24.7. The van der Waals surface area contributed by atoms with Crippen LogP contribution in [-0.4, -0.2) is 42.9 Å². The molecule has 3 heterocycles. The van der Waals surface area contributed by atoms with Crippen molar-refractivity contribution in [3.63, 3.8) is 0 Å². The number of hydrogen-bond donors (Lipinski definition) is 1. The molecule has 0 unspecified atom stereocenters. The van der Waals surface area contributed by atoms with Crippen molar-refractivity contribution in [1.29, 1.82) is 0 Å². The number of aromatic nitrogens is 5. The van der Waals surface area contributed by atoms with Crippen LogP contribution in [0.3, 0.4) is 0 Å². The minimum atomic E-state index is -0.189. The number of ether oxygens (including phenoxy) is 2. The lowest BCUT2D eigenvalue weighted by Crippen LogP contribution is -2.42. The molecule has 9 heteroatoms. The van der Waals surface area contributed by atoms with Gasteiger partial charge >= 0.3 is 0 Å². The molecular weight excluding hydrogens is 456 g/mol. The first-order chi connectivity index (χ1) is 17.4. The summed E-state index contributed by atoms with van der Waals surface area (Å²) < 4.78 is 13.1. The second kappa shape index (κ2) is 10.2. The highest BCUT2D eigenvalue weighted by molar-refractivity contribution is 5.83. The third-order valence-corrected chi connectivity index (χ3v) is 8.00. The van der Waals surface area contributed by atoms with Crippen molar-refractivity contribution in [2.75, 3.05) is 6.79 Å². The SMILES string of the molecule is CCC[C@H](c1nnnn1C(C)(C)CC)N(Cc1cc2cc3c(cc2[nH]c1=O)OCO3)C1CCCCC1. The zero-order valence-corrected chi connectivity index (χ0v) is 21.9. The number of fused-ring (bicyclic) bond motifs is 2. The maximum Gasteiger partial charge on any atom is 0.252 e. The summed E-state index contributed by atoms with van der Waals surface area (Å²) in [5.41, 5.74) is 1.26. The predicted octanol–water partition coefficient (Wildman–Crippen LogP) is 5.06. The lowest BCUT2D eigenvalue weighted by atomic mass is 9.91. The Morgan fingerprint density at radius 2 is 1.89 bits per heavy atom. The average molecular weight is 495 g/mol. The molecule has 1 saturated carbocycles. The van der Waals surface area contributed by atoms with E-state index in [2.05, 4.69) is 53.1 Å². The third kappa shape index (κ3) is 4.73. The Morgan fingerprint density at radius 1 is 1.14 bits per heavy atom. The van der Waals surface area contributed by atoms with Gasteiger partial charge in [-0.05, 0) is 62.1 Å². The highest BCUT2D eigenvalue weighted by Crippen LogP contribution is 2.37. The Bertz CT molecular complexity index is 1260. The minimum absolute atomic E-state index is 0.0331. The summed E-state index contributed by atoms with van der Waals surface area (Å²) in [6, 6.07) is 6.23. The van der Waals surface area contributed by atoms with Crippen LogP contribution in [0.15, 0.2) is 23.0 Å². The second-order valence-electron chi connectivity index (χ2n) is 10.8. The van der Waals surface area contributed by atoms with Crippen molar-refractivity contribution in [2.45, 2.75) is 103 Å². The van der Waals surface area contributed by atoms with E-state index in [0.29, 0.717) is 18.3 Å². The molecule has 194 valence electrons. The average Bonchev–Trinajstić information content (AvgIpc) is 3.55. The monoisotopic (exact) mass is 494 g/mol. The molecule has 1 aliphatic heterocycles. The van der Waals surface area contributed by atoms with E-state index < -0.39 is 0 Å². The number of pyridine rings is 1. The van der Waals surface area contributed by atoms with Gasteiger partial charge in [0.15, 0.2) is 17.3 Å². The van der Waals surface area contributed by atoms with Crippen molar-refractivity contribution in [3.8, 4) is 11.5 Å². The van der Waals surface area contributed by atoms with E-state index in [1.165, 1.54) is 19.3 Å². The fourth-order valence-electron chi connectivity index (χ4n) is 5.56. The molecule has 9 nitrogen and oxygen atoms in total. The van der Waals surface area contributed by atoms with Gasteiger partial charge in [0, 0.05) is 29.6 Å². The van der Waals surface area contributed by atoms with Gasteiger partial charge in [0.25, 0.3) is 5.56 Å². The van der Waals surface area contributed by atoms with E-state index in [4.69, 9.17) is 9.47 Å². The van der Waals surface area contributed by atoms with E-state index in [-0.39, 0.29) is 23.9 Å². The van der Waals surface area contributed by atoms with Crippen molar-refractivity contribution in [3.05, 3.63) is 39.9 Å². The summed E-state index contributed by atoms with van der Waals surface area (Å²) in [4.78, 5) is 18.9. The van der Waals surface area contributed by atoms with Crippen LogP contribution in [0.4, 0.5) is 0 Å². The molecule has 0 radical (unpaired) electrons. The first-order valence-corrected chi connectivity index (χ1v) is 13.4. The number of H-pyrrole nitrogens is 1. The fraction of sp³-hybridized carbons (Fsp3) is 0.630. The van der Waals surface area contributed by atoms with Crippen molar-refractivity contribution in [1.82, 2.24) is 30.1 Å². The third-order valence-electron chi connectivity index (χ3n) is 8.00. The zero-order chi connectivity index (χ0) is 25.3. The minimum Gasteiger partial charge on any atom is -0.454 e. The normalized spacial score (nSPS) is 17.2. The van der Waals surface area contributed by atoms with E-state index in [1.54, 1.807) is 0 Å². The quantitative estimate of drug-likeness (QED) is 0.444. The number of nitrogens with zero attached hydrogens (tertiary/aromatic N) is 5. The van der Waals surface area contributed by atoms with Crippen LogP contribution >= 0.6 is 0 Å². The molecule has 0 saturated heterocycles. The molecule has 2 aromatic heterocycles. The lowest BCUT2D eigenvalue weighted by molar-refractivity contribution is 0.0770. The van der Waals surface area contributed by atoms with Gasteiger partial charge in [0.2, 0.25) is 6.79 Å². The molecule has 1 N–H and O–H groups in total. The summed E-state index contributed by atoms with van der Waals surface area (Å²) in [6.45, 7) is 9.49. The Labute approximate surface area is 212 Å². The number of aromatic amines is 1. The maximum absolute atomic E-state index is 13.3. The van der Waals surface area contributed by atoms with E-state index >= 15 is 0 Å². The van der Waals surface area contributed by atoms with Crippen molar-refractivity contribution in [2.24, 2.45) is 0 Å². The molecule has 0 bridgehead atoms. The predicted molar refractivity (Wildman–Crippen MR) is 138 cm³/mol. The Balaban J connectivity index is 1.56. The summed E-state index contributed by atoms with van der Waals surface area (Å²) in [7, 11) is 0. The van der Waals surface area contributed by atoms with Crippen LogP contribution in [0.25, 0.3) is 10.9 Å².